The van der Waals surface area contributed by atoms with Crippen LogP contribution in [0.4, 0.5) is 5.95 Å². The second-order valence-corrected chi connectivity index (χ2v) is 9.18. The molecule has 0 bridgehead atoms. The SMILES string of the molecule is O=C(Nc1nc2ccccc2n1CC[NH+]1CCOCC1)c1cn(-c2ccccc2)nc1-c1ccccc1. The van der Waals surface area contributed by atoms with Crippen molar-refractivity contribution in [3.63, 3.8) is 0 Å². The number of imidazole rings is 1. The Kier molecular flexibility index (Phi) is 6.49. The molecule has 0 aliphatic carbocycles. The molecule has 1 fully saturated rings. The van der Waals surface area contributed by atoms with Gasteiger partial charge in [-0.25, -0.2) is 9.67 Å². The van der Waals surface area contributed by atoms with E-state index in [1.807, 2.05) is 78.9 Å². The van der Waals surface area contributed by atoms with Gasteiger partial charge in [0.1, 0.15) is 18.8 Å². The molecule has 6 rings (SSSR count). The molecular weight excluding hydrogens is 464 g/mol. The molecule has 3 aromatic carbocycles. The highest BCUT2D eigenvalue weighted by Gasteiger charge is 2.22. The summed E-state index contributed by atoms with van der Waals surface area (Å²) >= 11 is 0. The number of amides is 1. The number of para-hydroxylation sites is 3. The highest BCUT2D eigenvalue weighted by molar-refractivity contribution is 6.08. The number of nitrogens with one attached hydrogen (secondary N) is 2. The quantitative estimate of drug-likeness (QED) is 0.365. The van der Waals surface area contributed by atoms with Crippen LogP contribution in [0.1, 0.15) is 10.4 Å². The van der Waals surface area contributed by atoms with Crippen LogP contribution in [-0.2, 0) is 11.3 Å². The number of anilines is 1. The van der Waals surface area contributed by atoms with Crippen LogP contribution in [0.5, 0.6) is 0 Å². The lowest BCUT2D eigenvalue weighted by Gasteiger charge is -2.24. The van der Waals surface area contributed by atoms with Gasteiger partial charge in [-0.2, -0.15) is 5.10 Å². The van der Waals surface area contributed by atoms with Crippen molar-refractivity contribution in [3.05, 3.63) is 96.7 Å². The number of nitrogens with zero attached hydrogens (tertiary/aromatic N) is 4. The predicted molar refractivity (Wildman–Crippen MR) is 143 cm³/mol. The second-order valence-electron chi connectivity index (χ2n) is 9.18. The highest BCUT2D eigenvalue weighted by Crippen LogP contribution is 2.26. The molecule has 37 heavy (non-hydrogen) atoms. The maximum Gasteiger partial charge on any atom is 0.261 e. The number of benzene rings is 3. The van der Waals surface area contributed by atoms with Gasteiger partial charge >= 0.3 is 0 Å². The van der Waals surface area contributed by atoms with Gasteiger partial charge in [0.05, 0.1) is 48.6 Å². The molecule has 1 amide bonds. The van der Waals surface area contributed by atoms with Gasteiger partial charge in [-0.15, -0.1) is 0 Å². The van der Waals surface area contributed by atoms with Gasteiger partial charge in [0, 0.05) is 11.8 Å². The average Bonchev–Trinajstić information content (AvgIpc) is 3.55. The topological polar surface area (TPSA) is 78.4 Å². The number of fused-ring (bicyclic) bond motifs is 1. The van der Waals surface area contributed by atoms with Gasteiger partial charge in [0.2, 0.25) is 5.95 Å². The second kappa shape index (κ2) is 10.4. The fraction of sp³-hybridized carbons (Fsp3) is 0.207. The average molecular weight is 494 g/mol. The fourth-order valence-corrected chi connectivity index (χ4v) is 4.81. The van der Waals surface area contributed by atoms with Gasteiger partial charge in [-0.1, -0.05) is 60.7 Å². The molecule has 1 aliphatic heterocycles. The van der Waals surface area contributed by atoms with Crippen molar-refractivity contribution in [1.29, 1.82) is 0 Å². The number of carbonyl (C=O) groups is 1. The molecule has 5 aromatic rings. The molecule has 1 saturated heterocycles. The summed E-state index contributed by atoms with van der Waals surface area (Å²) in [7, 11) is 0. The van der Waals surface area contributed by atoms with Crippen molar-refractivity contribution in [2.75, 3.05) is 38.2 Å². The minimum atomic E-state index is -0.240. The first-order valence-electron chi connectivity index (χ1n) is 12.6. The van der Waals surface area contributed by atoms with Crippen LogP contribution in [0, 0.1) is 0 Å². The Morgan fingerprint density at radius 3 is 2.41 bits per heavy atom. The van der Waals surface area contributed by atoms with E-state index in [9.17, 15) is 4.79 Å². The fourth-order valence-electron chi connectivity index (χ4n) is 4.81. The number of morpholine rings is 1. The van der Waals surface area contributed by atoms with Crippen LogP contribution in [0.15, 0.2) is 91.1 Å². The summed E-state index contributed by atoms with van der Waals surface area (Å²) in [4.78, 5) is 20.0. The Bertz CT molecular complexity index is 1500. The summed E-state index contributed by atoms with van der Waals surface area (Å²) < 4.78 is 9.37. The molecule has 0 saturated carbocycles. The van der Waals surface area contributed by atoms with E-state index in [0.29, 0.717) is 17.2 Å². The molecule has 0 radical (unpaired) electrons. The summed E-state index contributed by atoms with van der Waals surface area (Å²) in [6.07, 6.45) is 1.79. The van der Waals surface area contributed by atoms with Gasteiger partial charge in [0.15, 0.2) is 0 Å². The Balaban J connectivity index is 1.34. The Morgan fingerprint density at radius 2 is 1.62 bits per heavy atom. The minimum Gasteiger partial charge on any atom is -0.370 e. The summed E-state index contributed by atoms with van der Waals surface area (Å²) in [6, 6.07) is 27.6. The van der Waals surface area contributed by atoms with Gasteiger partial charge < -0.3 is 14.2 Å². The van der Waals surface area contributed by atoms with Crippen molar-refractivity contribution in [2.24, 2.45) is 0 Å². The van der Waals surface area contributed by atoms with Crippen LogP contribution < -0.4 is 10.2 Å². The summed E-state index contributed by atoms with van der Waals surface area (Å²) in [5, 5.41) is 7.89. The number of quaternary nitrogens is 1. The first kappa shape index (κ1) is 23.1. The third-order valence-corrected chi connectivity index (χ3v) is 6.80. The molecule has 8 nitrogen and oxygen atoms in total. The summed E-state index contributed by atoms with van der Waals surface area (Å²) in [5.74, 6) is 0.307. The van der Waals surface area contributed by atoms with Crippen LogP contribution in [0.3, 0.4) is 0 Å². The van der Waals surface area contributed by atoms with Crippen molar-refractivity contribution < 1.29 is 14.4 Å². The van der Waals surface area contributed by atoms with Crippen molar-refractivity contribution in [2.45, 2.75) is 6.54 Å². The number of hydrogen-bond acceptors (Lipinski definition) is 4. The van der Waals surface area contributed by atoms with Crippen LogP contribution in [0.2, 0.25) is 0 Å². The number of ether oxygens (including phenoxy) is 1. The van der Waals surface area contributed by atoms with E-state index in [1.54, 1.807) is 10.9 Å². The molecule has 8 heteroatoms. The molecule has 3 heterocycles. The molecule has 0 spiro atoms. The molecule has 2 aromatic heterocycles. The first-order valence-corrected chi connectivity index (χ1v) is 12.6. The number of carbonyl (C=O) groups excluding carboxylic acids is 1. The molecule has 0 unspecified atom stereocenters. The van der Waals surface area contributed by atoms with E-state index in [4.69, 9.17) is 14.8 Å². The number of aromatic nitrogens is 4. The van der Waals surface area contributed by atoms with E-state index in [-0.39, 0.29) is 5.91 Å². The van der Waals surface area contributed by atoms with Gasteiger partial charge in [-0.05, 0) is 24.3 Å². The summed E-state index contributed by atoms with van der Waals surface area (Å²) in [6.45, 7) is 5.25. The van der Waals surface area contributed by atoms with Crippen LogP contribution >= 0.6 is 0 Å². The van der Waals surface area contributed by atoms with E-state index in [0.717, 1.165) is 61.7 Å². The Labute approximate surface area is 215 Å². The Morgan fingerprint density at radius 1 is 0.919 bits per heavy atom. The van der Waals surface area contributed by atoms with E-state index in [1.165, 1.54) is 4.90 Å². The van der Waals surface area contributed by atoms with Crippen molar-refractivity contribution in [3.8, 4) is 16.9 Å². The zero-order valence-corrected chi connectivity index (χ0v) is 20.5. The minimum absolute atomic E-state index is 0.240. The predicted octanol–water partition coefficient (Wildman–Crippen LogP) is 3.06. The molecule has 0 atom stereocenters. The highest BCUT2D eigenvalue weighted by atomic mass is 16.5. The molecule has 186 valence electrons. The number of hydrogen-bond donors (Lipinski definition) is 2. The van der Waals surface area contributed by atoms with Gasteiger partial charge in [0.25, 0.3) is 5.91 Å². The molecule has 2 N–H and O–H groups in total. The largest absolute Gasteiger partial charge is 0.370 e. The Hall–Kier alpha value is -4.27. The van der Waals surface area contributed by atoms with Crippen LogP contribution in [0.25, 0.3) is 28.0 Å². The van der Waals surface area contributed by atoms with Gasteiger partial charge in [-0.3, -0.25) is 10.1 Å². The van der Waals surface area contributed by atoms with Crippen molar-refractivity contribution in [1.82, 2.24) is 19.3 Å². The lowest BCUT2D eigenvalue weighted by molar-refractivity contribution is -0.908. The first-order chi connectivity index (χ1) is 18.3. The van der Waals surface area contributed by atoms with Crippen molar-refractivity contribution >= 4 is 22.9 Å². The maximum absolute atomic E-state index is 13.7. The normalized spacial score (nSPS) is 14.2. The number of rotatable bonds is 7. The third-order valence-electron chi connectivity index (χ3n) is 6.80. The lowest BCUT2D eigenvalue weighted by atomic mass is 10.1. The summed E-state index contributed by atoms with van der Waals surface area (Å²) in [5.41, 5.74) is 4.76. The lowest BCUT2D eigenvalue weighted by Crippen LogP contribution is -3.14. The standard InChI is InChI=1S/C29H28N6O2/c36-28(24-21-35(23-11-5-2-6-12-23)32-27(24)22-9-3-1-4-10-22)31-29-30-25-13-7-8-14-26(25)34(29)16-15-33-17-19-37-20-18-33/h1-14,21H,15-20H2,(H,30,31,36)/p+1. The molecular formula is C29H29N6O2+. The maximum atomic E-state index is 13.7. The van der Waals surface area contributed by atoms with E-state index >= 15 is 0 Å². The van der Waals surface area contributed by atoms with E-state index < -0.39 is 0 Å². The third kappa shape index (κ3) is 4.89. The smallest absolute Gasteiger partial charge is 0.261 e. The monoisotopic (exact) mass is 493 g/mol. The zero-order valence-electron chi connectivity index (χ0n) is 20.5. The van der Waals surface area contributed by atoms with E-state index in [2.05, 4.69) is 16.0 Å². The molecule has 1 aliphatic rings. The zero-order chi connectivity index (χ0) is 25.0. The van der Waals surface area contributed by atoms with Crippen LogP contribution in [-0.4, -0.2) is 58.1 Å².